The number of hydrogen-bond acceptors (Lipinski definition) is 6. The molecular weight excluding hydrogens is 494 g/mol. The highest BCUT2D eigenvalue weighted by molar-refractivity contribution is 5.88. The van der Waals surface area contributed by atoms with Gasteiger partial charge in [0.05, 0.1) is 29.0 Å². The molecule has 1 atom stereocenters. The SMILES string of the molecule is CC[C@@]1(OC(=O)C[n+]2cccc(C)c2)C(=O)OCc2c1cc1n(c2=O)Cc2cc3ccccc3nc2-1.[Cl-]. The van der Waals surface area contributed by atoms with Crippen LogP contribution in [-0.4, -0.2) is 21.5 Å². The number of para-hydroxylation sites is 1. The van der Waals surface area contributed by atoms with Crippen LogP contribution in [0.15, 0.2) is 65.7 Å². The predicted molar refractivity (Wildman–Crippen MR) is 130 cm³/mol. The van der Waals surface area contributed by atoms with Crippen molar-refractivity contribution in [2.75, 3.05) is 0 Å². The summed E-state index contributed by atoms with van der Waals surface area (Å²) in [4.78, 5) is 44.6. The molecule has 5 heterocycles. The van der Waals surface area contributed by atoms with Crippen molar-refractivity contribution in [2.45, 2.75) is 45.6 Å². The predicted octanol–water partition coefficient (Wildman–Crippen LogP) is -0.0694. The summed E-state index contributed by atoms with van der Waals surface area (Å²) in [5.41, 5.74) is 2.77. The van der Waals surface area contributed by atoms with Crippen molar-refractivity contribution in [3.8, 4) is 11.4 Å². The average Bonchev–Trinajstić information content (AvgIpc) is 3.22. The summed E-state index contributed by atoms with van der Waals surface area (Å²) in [6.45, 7) is 3.81. The van der Waals surface area contributed by atoms with E-state index in [1.807, 2.05) is 55.6 Å². The first-order valence-electron chi connectivity index (χ1n) is 11.9. The zero-order valence-corrected chi connectivity index (χ0v) is 21.1. The second-order valence-corrected chi connectivity index (χ2v) is 9.29. The molecule has 0 aliphatic carbocycles. The van der Waals surface area contributed by atoms with Crippen LogP contribution in [0.25, 0.3) is 22.3 Å². The van der Waals surface area contributed by atoms with Gasteiger partial charge in [-0.3, -0.25) is 4.79 Å². The highest BCUT2D eigenvalue weighted by atomic mass is 35.5. The molecule has 9 heteroatoms. The van der Waals surface area contributed by atoms with E-state index < -0.39 is 17.5 Å². The average molecular weight is 518 g/mol. The third-order valence-electron chi connectivity index (χ3n) is 6.99. The Labute approximate surface area is 218 Å². The van der Waals surface area contributed by atoms with Gasteiger partial charge < -0.3 is 26.4 Å². The molecular formula is C28H24ClN3O5. The molecule has 4 aromatic rings. The molecule has 1 aromatic carbocycles. The Morgan fingerprint density at radius 2 is 2.00 bits per heavy atom. The number of hydrogen-bond donors (Lipinski definition) is 0. The maximum Gasteiger partial charge on any atom is 0.374 e. The van der Waals surface area contributed by atoms with Crippen LogP contribution >= 0.6 is 0 Å². The lowest BCUT2D eigenvalue weighted by Gasteiger charge is -2.35. The number of nitrogens with zero attached hydrogens (tertiary/aromatic N) is 3. The van der Waals surface area contributed by atoms with Gasteiger partial charge in [-0.25, -0.2) is 14.6 Å². The minimum atomic E-state index is -1.70. The van der Waals surface area contributed by atoms with E-state index in [-0.39, 0.29) is 37.5 Å². The number of halogens is 1. The lowest BCUT2D eigenvalue weighted by Crippen LogP contribution is -3.00. The molecule has 0 spiro atoms. The molecule has 3 aromatic heterocycles. The maximum atomic E-state index is 13.6. The van der Waals surface area contributed by atoms with Gasteiger partial charge in [0.25, 0.3) is 5.56 Å². The summed E-state index contributed by atoms with van der Waals surface area (Å²) < 4.78 is 14.6. The Balaban J connectivity index is 0.00000280. The van der Waals surface area contributed by atoms with Crippen molar-refractivity contribution in [2.24, 2.45) is 0 Å². The number of esters is 2. The summed E-state index contributed by atoms with van der Waals surface area (Å²) in [7, 11) is 0. The van der Waals surface area contributed by atoms with Crippen molar-refractivity contribution in [1.29, 1.82) is 0 Å². The van der Waals surface area contributed by atoms with Crippen LogP contribution in [0.1, 0.15) is 35.6 Å². The van der Waals surface area contributed by atoms with Crippen LogP contribution in [0.4, 0.5) is 0 Å². The second kappa shape index (κ2) is 9.12. The third kappa shape index (κ3) is 3.88. The molecule has 0 bridgehead atoms. The number of carbonyl (C=O) groups excluding carboxylic acids is 2. The molecule has 2 aliphatic rings. The molecule has 0 fully saturated rings. The summed E-state index contributed by atoms with van der Waals surface area (Å²) in [5, 5.41) is 0.992. The first-order chi connectivity index (χ1) is 17.4. The van der Waals surface area contributed by atoms with Crippen LogP contribution in [0, 0.1) is 6.92 Å². The zero-order chi connectivity index (χ0) is 25.0. The monoisotopic (exact) mass is 517 g/mol. The van der Waals surface area contributed by atoms with Gasteiger partial charge in [-0.1, -0.05) is 25.1 Å². The van der Waals surface area contributed by atoms with Crippen molar-refractivity contribution in [3.05, 3.63) is 93.5 Å². The Bertz CT molecular complexity index is 1650. The maximum absolute atomic E-state index is 13.6. The molecule has 8 nitrogen and oxygen atoms in total. The van der Waals surface area contributed by atoms with E-state index in [9.17, 15) is 14.4 Å². The highest BCUT2D eigenvalue weighted by Crippen LogP contribution is 2.40. The Morgan fingerprint density at radius 3 is 2.78 bits per heavy atom. The zero-order valence-electron chi connectivity index (χ0n) is 20.4. The number of benzene rings is 1. The molecule has 0 amide bonds. The number of pyridine rings is 3. The number of aromatic nitrogens is 3. The van der Waals surface area contributed by atoms with Gasteiger partial charge in [-0.2, -0.15) is 4.57 Å². The van der Waals surface area contributed by atoms with Crippen molar-refractivity contribution in [3.63, 3.8) is 0 Å². The van der Waals surface area contributed by atoms with Crippen molar-refractivity contribution >= 4 is 22.8 Å². The number of fused-ring (bicyclic) bond motifs is 5. The molecule has 0 radical (unpaired) electrons. The van der Waals surface area contributed by atoms with E-state index in [1.165, 1.54) is 0 Å². The Kier molecular flexibility index (Phi) is 6.07. The second-order valence-electron chi connectivity index (χ2n) is 9.29. The summed E-state index contributed by atoms with van der Waals surface area (Å²) in [6.07, 6.45) is 3.70. The molecule has 2 aliphatic heterocycles. The first-order valence-corrected chi connectivity index (χ1v) is 11.9. The molecule has 188 valence electrons. The minimum Gasteiger partial charge on any atom is -1.00 e. The van der Waals surface area contributed by atoms with Gasteiger partial charge in [0.2, 0.25) is 12.1 Å². The van der Waals surface area contributed by atoms with E-state index in [4.69, 9.17) is 14.5 Å². The molecule has 0 unspecified atom stereocenters. The largest absolute Gasteiger partial charge is 1.00 e. The summed E-state index contributed by atoms with van der Waals surface area (Å²) in [5.74, 6) is -1.27. The first kappa shape index (κ1) is 24.6. The number of aryl methyl sites for hydroxylation is 1. The quantitative estimate of drug-likeness (QED) is 0.245. The lowest BCUT2D eigenvalue weighted by molar-refractivity contribution is -0.686. The van der Waals surface area contributed by atoms with Gasteiger partial charge in [-0.15, -0.1) is 0 Å². The summed E-state index contributed by atoms with van der Waals surface area (Å²) >= 11 is 0. The summed E-state index contributed by atoms with van der Waals surface area (Å²) in [6, 6.07) is 15.4. The molecule has 0 saturated heterocycles. The number of cyclic esters (lactones) is 1. The normalized spacial score (nSPS) is 17.3. The smallest absolute Gasteiger partial charge is 0.374 e. The van der Waals surface area contributed by atoms with E-state index in [2.05, 4.69) is 0 Å². The number of carbonyl (C=O) groups is 2. The van der Waals surface area contributed by atoms with E-state index >= 15 is 0 Å². The molecule has 0 N–H and O–H groups in total. The van der Waals surface area contributed by atoms with Crippen LogP contribution in [0.5, 0.6) is 0 Å². The van der Waals surface area contributed by atoms with Gasteiger partial charge >= 0.3 is 11.9 Å². The van der Waals surface area contributed by atoms with E-state index in [1.54, 1.807) is 28.3 Å². The van der Waals surface area contributed by atoms with Crippen LogP contribution < -0.4 is 22.5 Å². The van der Waals surface area contributed by atoms with E-state index in [0.717, 1.165) is 22.0 Å². The Hall–Kier alpha value is -4.04. The van der Waals surface area contributed by atoms with Gasteiger partial charge in [0.1, 0.15) is 6.61 Å². The van der Waals surface area contributed by atoms with Gasteiger partial charge in [-0.05, 0) is 37.6 Å². The number of ether oxygens (including phenoxy) is 2. The minimum absolute atomic E-state index is 0. The number of rotatable bonds is 4. The Morgan fingerprint density at radius 1 is 1.19 bits per heavy atom. The lowest BCUT2D eigenvalue weighted by atomic mass is 9.85. The van der Waals surface area contributed by atoms with Crippen molar-refractivity contribution in [1.82, 2.24) is 9.55 Å². The van der Waals surface area contributed by atoms with Gasteiger partial charge in [0.15, 0.2) is 12.4 Å². The van der Waals surface area contributed by atoms with E-state index in [0.29, 0.717) is 29.1 Å². The van der Waals surface area contributed by atoms with Crippen LogP contribution in [0.3, 0.4) is 0 Å². The topological polar surface area (TPSA) is 91.4 Å². The molecule has 6 rings (SSSR count). The highest BCUT2D eigenvalue weighted by Gasteiger charge is 2.50. The third-order valence-corrected chi connectivity index (χ3v) is 6.99. The molecule has 0 saturated carbocycles. The van der Waals surface area contributed by atoms with Crippen LogP contribution in [0.2, 0.25) is 0 Å². The fraction of sp³-hybridized carbons (Fsp3) is 0.250. The fourth-order valence-corrected chi connectivity index (χ4v) is 5.21. The standard InChI is InChI=1S/C28H24N3O5.ClH/c1-3-28(36-24(32)15-30-10-6-7-17(2)13-30)21-12-23-25-19(11-18-8-4-5-9-22(18)29-25)14-31(23)26(33)20(21)16-35-27(28)34;/h4-13H,3,14-16H2,1-2H3;1H/q+1;/p-1/t28-;/m0./s1. The fourth-order valence-electron chi connectivity index (χ4n) is 5.21. The van der Waals surface area contributed by atoms with Gasteiger partial charge in [0, 0.05) is 28.1 Å². The van der Waals surface area contributed by atoms with Crippen molar-refractivity contribution < 1.29 is 36.0 Å². The molecule has 37 heavy (non-hydrogen) atoms. The van der Waals surface area contributed by atoms with Crippen LogP contribution in [-0.2, 0) is 44.4 Å².